The number of hydrogen-bond acceptors (Lipinski definition) is 5. The molecule has 1 amide bonds. The van der Waals surface area contributed by atoms with Gasteiger partial charge in [0, 0.05) is 30.2 Å². The van der Waals surface area contributed by atoms with E-state index in [4.69, 9.17) is 14.2 Å². The van der Waals surface area contributed by atoms with Crippen molar-refractivity contribution in [3.63, 3.8) is 0 Å². The highest BCUT2D eigenvalue weighted by molar-refractivity contribution is 6.05. The van der Waals surface area contributed by atoms with E-state index < -0.39 is 0 Å². The van der Waals surface area contributed by atoms with Crippen molar-refractivity contribution in [3.05, 3.63) is 89.0 Å². The molecule has 2 aliphatic heterocycles. The van der Waals surface area contributed by atoms with Gasteiger partial charge in [0.2, 0.25) is 0 Å². The molecule has 0 aliphatic carbocycles. The van der Waals surface area contributed by atoms with Crippen LogP contribution in [0.15, 0.2) is 66.7 Å². The largest absolute Gasteiger partial charge is 0.490 e. The van der Waals surface area contributed by atoms with E-state index >= 15 is 0 Å². The quantitative estimate of drug-likeness (QED) is 0.635. The molecule has 0 aromatic heterocycles. The Bertz CT molecular complexity index is 1140. The molecule has 0 saturated carbocycles. The van der Waals surface area contributed by atoms with E-state index in [0.29, 0.717) is 47.9 Å². The minimum absolute atomic E-state index is 0.257. The molecular weight excluding hydrogens is 394 g/mol. The van der Waals surface area contributed by atoms with Gasteiger partial charge in [-0.3, -0.25) is 4.79 Å². The third-order valence-corrected chi connectivity index (χ3v) is 5.42. The second-order valence-electron chi connectivity index (χ2n) is 7.55. The Hall–Kier alpha value is -3.80. The third kappa shape index (κ3) is 3.97. The number of esters is 1. The summed E-state index contributed by atoms with van der Waals surface area (Å²) in [4.78, 5) is 25.3. The van der Waals surface area contributed by atoms with E-state index in [1.165, 1.54) is 0 Å². The van der Waals surface area contributed by atoms with Gasteiger partial charge in [0.05, 0.1) is 18.8 Å². The maximum atomic E-state index is 12.9. The first-order valence-corrected chi connectivity index (χ1v) is 10.3. The highest BCUT2D eigenvalue weighted by atomic mass is 16.5. The van der Waals surface area contributed by atoms with Crippen LogP contribution in [0.3, 0.4) is 0 Å². The second kappa shape index (κ2) is 8.14. The van der Waals surface area contributed by atoms with Crippen LogP contribution in [0.2, 0.25) is 0 Å². The minimum Gasteiger partial charge on any atom is -0.490 e. The van der Waals surface area contributed by atoms with Crippen LogP contribution in [0.5, 0.6) is 11.5 Å². The Morgan fingerprint density at radius 1 is 0.903 bits per heavy atom. The number of benzene rings is 3. The molecule has 2 aliphatic rings. The highest BCUT2D eigenvalue weighted by Crippen LogP contribution is 2.33. The predicted molar refractivity (Wildman–Crippen MR) is 115 cm³/mol. The molecule has 0 unspecified atom stereocenters. The number of nitrogens with one attached hydrogen (secondary N) is 1. The molecule has 3 aromatic rings. The summed E-state index contributed by atoms with van der Waals surface area (Å²) < 4.78 is 16.9. The van der Waals surface area contributed by atoms with Gasteiger partial charge in [0.15, 0.2) is 11.5 Å². The van der Waals surface area contributed by atoms with E-state index in [9.17, 15) is 9.59 Å². The number of carbonyl (C=O) groups excluding carboxylic acids is 2. The number of amides is 1. The number of fused-ring (bicyclic) bond motifs is 2. The molecule has 1 atom stereocenters. The van der Waals surface area contributed by atoms with Gasteiger partial charge in [-0.05, 0) is 41.5 Å². The van der Waals surface area contributed by atoms with Crippen molar-refractivity contribution in [1.29, 1.82) is 0 Å². The van der Waals surface area contributed by atoms with Crippen molar-refractivity contribution in [2.75, 3.05) is 18.5 Å². The Morgan fingerprint density at radius 3 is 2.55 bits per heavy atom. The summed E-state index contributed by atoms with van der Waals surface area (Å²) in [7, 11) is 0. The van der Waals surface area contributed by atoms with Gasteiger partial charge >= 0.3 is 5.97 Å². The summed E-state index contributed by atoms with van der Waals surface area (Å²) in [5, 5.41) is 2.90. The maximum absolute atomic E-state index is 12.9. The summed E-state index contributed by atoms with van der Waals surface area (Å²) in [5.74, 6) is 0.668. The Labute approximate surface area is 179 Å². The van der Waals surface area contributed by atoms with Gasteiger partial charge < -0.3 is 19.5 Å². The van der Waals surface area contributed by atoms with Crippen molar-refractivity contribution in [1.82, 2.24) is 0 Å². The zero-order valence-electron chi connectivity index (χ0n) is 16.8. The molecule has 0 radical (unpaired) electrons. The zero-order chi connectivity index (χ0) is 21.2. The van der Waals surface area contributed by atoms with Gasteiger partial charge in [0.1, 0.15) is 6.10 Å². The fourth-order valence-corrected chi connectivity index (χ4v) is 3.83. The summed E-state index contributed by atoms with van der Waals surface area (Å²) in [5.41, 5.74) is 3.33. The van der Waals surface area contributed by atoms with Crippen LogP contribution in [-0.4, -0.2) is 25.1 Å². The lowest BCUT2D eigenvalue weighted by Crippen LogP contribution is -2.23. The fraction of sp³-hybridized carbons (Fsp3) is 0.200. The molecule has 0 bridgehead atoms. The number of carbonyl (C=O) groups is 2. The number of cyclic esters (lactones) is 1. The van der Waals surface area contributed by atoms with E-state index in [2.05, 4.69) is 5.32 Å². The van der Waals surface area contributed by atoms with Crippen molar-refractivity contribution in [2.24, 2.45) is 0 Å². The van der Waals surface area contributed by atoms with Crippen molar-refractivity contribution in [2.45, 2.75) is 18.9 Å². The molecule has 0 spiro atoms. The lowest BCUT2D eigenvalue weighted by Gasteiger charge is -2.25. The van der Waals surface area contributed by atoms with Crippen molar-refractivity contribution < 1.29 is 23.8 Å². The number of anilines is 1. The van der Waals surface area contributed by atoms with Gasteiger partial charge in [-0.2, -0.15) is 0 Å². The second-order valence-corrected chi connectivity index (χ2v) is 7.55. The molecule has 156 valence electrons. The molecule has 3 aromatic carbocycles. The third-order valence-electron chi connectivity index (χ3n) is 5.42. The van der Waals surface area contributed by atoms with Crippen LogP contribution in [0, 0.1) is 0 Å². The standard InChI is InChI=1S/C25H21NO5/c27-24(26-19-8-10-21-23(15-19)30-12-4-11-29-21)17-7-9-20-18(13-17)14-22(31-25(20)28)16-5-2-1-3-6-16/h1-3,5-10,13,15,22H,4,11-12,14H2,(H,26,27)/t22-/m0/s1. The first kappa shape index (κ1) is 19.2. The summed E-state index contributed by atoms with van der Waals surface area (Å²) in [6.07, 6.45) is 0.981. The van der Waals surface area contributed by atoms with Crippen molar-refractivity contribution in [3.8, 4) is 11.5 Å². The maximum Gasteiger partial charge on any atom is 0.339 e. The van der Waals surface area contributed by atoms with Gasteiger partial charge in [0.25, 0.3) is 5.91 Å². The predicted octanol–water partition coefficient (Wildman–Crippen LogP) is 4.55. The Morgan fingerprint density at radius 2 is 1.71 bits per heavy atom. The first-order valence-electron chi connectivity index (χ1n) is 10.3. The average molecular weight is 415 g/mol. The van der Waals surface area contributed by atoms with E-state index in [1.807, 2.05) is 30.3 Å². The molecule has 0 saturated heterocycles. The summed E-state index contributed by atoms with van der Waals surface area (Å²) >= 11 is 0. The van der Waals surface area contributed by atoms with Gasteiger partial charge in [-0.15, -0.1) is 0 Å². The molecule has 5 rings (SSSR count). The Balaban J connectivity index is 1.36. The van der Waals surface area contributed by atoms with Crippen LogP contribution in [-0.2, 0) is 11.2 Å². The van der Waals surface area contributed by atoms with E-state index in [0.717, 1.165) is 17.5 Å². The fourth-order valence-electron chi connectivity index (χ4n) is 3.83. The normalized spacial score (nSPS) is 17.2. The lowest BCUT2D eigenvalue weighted by atomic mass is 9.93. The highest BCUT2D eigenvalue weighted by Gasteiger charge is 2.28. The smallest absolute Gasteiger partial charge is 0.339 e. The zero-order valence-corrected chi connectivity index (χ0v) is 16.8. The van der Waals surface area contributed by atoms with Gasteiger partial charge in [-0.1, -0.05) is 30.3 Å². The average Bonchev–Trinajstić information content (AvgIpc) is 3.04. The van der Waals surface area contributed by atoms with Crippen LogP contribution in [0.4, 0.5) is 5.69 Å². The van der Waals surface area contributed by atoms with Crippen LogP contribution >= 0.6 is 0 Å². The summed E-state index contributed by atoms with van der Waals surface area (Å²) in [6, 6.07) is 20.0. The monoisotopic (exact) mass is 415 g/mol. The summed E-state index contributed by atoms with van der Waals surface area (Å²) in [6.45, 7) is 1.19. The minimum atomic E-state index is -0.370. The van der Waals surface area contributed by atoms with Gasteiger partial charge in [-0.25, -0.2) is 4.79 Å². The van der Waals surface area contributed by atoms with Crippen LogP contribution in [0.1, 0.15) is 44.4 Å². The van der Waals surface area contributed by atoms with E-state index in [-0.39, 0.29) is 18.0 Å². The molecule has 6 nitrogen and oxygen atoms in total. The molecular formula is C25H21NO5. The lowest BCUT2D eigenvalue weighted by molar-refractivity contribution is 0.0252. The number of hydrogen-bond donors (Lipinski definition) is 1. The number of ether oxygens (including phenoxy) is 3. The molecule has 1 N–H and O–H groups in total. The SMILES string of the molecule is O=C(Nc1ccc2c(c1)OCCCO2)c1ccc2c(c1)C[C@@H](c1ccccc1)OC2=O. The number of rotatable bonds is 3. The Kier molecular flexibility index (Phi) is 5.04. The molecule has 31 heavy (non-hydrogen) atoms. The van der Waals surface area contributed by atoms with Crippen LogP contribution < -0.4 is 14.8 Å². The van der Waals surface area contributed by atoms with Crippen LogP contribution in [0.25, 0.3) is 0 Å². The topological polar surface area (TPSA) is 73.9 Å². The molecule has 6 heteroatoms. The van der Waals surface area contributed by atoms with E-state index in [1.54, 1.807) is 36.4 Å². The van der Waals surface area contributed by atoms with Crippen molar-refractivity contribution >= 4 is 17.6 Å². The first-order chi connectivity index (χ1) is 15.2. The molecule has 2 heterocycles. The molecule has 0 fully saturated rings.